The van der Waals surface area contributed by atoms with Gasteiger partial charge in [-0.25, -0.2) is 4.98 Å². The second kappa shape index (κ2) is 12.5. The lowest BCUT2D eigenvalue weighted by Gasteiger charge is -2.36. The molecule has 1 aromatic heterocycles. The fourth-order valence-electron chi connectivity index (χ4n) is 4.33. The van der Waals surface area contributed by atoms with Crippen LogP contribution in [0.25, 0.3) is 11.0 Å². The maximum absolute atomic E-state index is 12.9. The number of hydrogen-bond donors (Lipinski definition) is 3. The van der Waals surface area contributed by atoms with Gasteiger partial charge in [0.25, 0.3) is 5.91 Å². The first kappa shape index (κ1) is 26.3. The van der Waals surface area contributed by atoms with E-state index in [-0.39, 0.29) is 37.0 Å². The van der Waals surface area contributed by atoms with Gasteiger partial charge in [-0.05, 0) is 35.4 Å². The van der Waals surface area contributed by atoms with Gasteiger partial charge in [-0.3, -0.25) is 9.78 Å². The van der Waals surface area contributed by atoms with E-state index in [1.165, 1.54) is 6.20 Å². The van der Waals surface area contributed by atoms with Crippen molar-refractivity contribution in [3.8, 4) is 0 Å². The van der Waals surface area contributed by atoms with Crippen molar-refractivity contribution < 1.29 is 24.5 Å². The molecule has 0 bridgehead atoms. The van der Waals surface area contributed by atoms with Crippen LogP contribution in [0.2, 0.25) is 0 Å². The average Bonchev–Trinajstić information content (AvgIpc) is 2.97. The van der Waals surface area contributed by atoms with Gasteiger partial charge in [0.2, 0.25) is 0 Å². The number of hydrogen-bond acceptors (Lipinski definition) is 8. The molecular weight excluding hydrogens is 502 g/mol. The fourth-order valence-corrected chi connectivity index (χ4v) is 5.10. The van der Waals surface area contributed by atoms with Gasteiger partial charge >= 0.3 is 0 Å². The van der Waals surface area contributed by atoms with E-state index in [1.54, 1.807) is 17.8 Å². The number of aromatic nitrogens is 2. The van der Waals surface area contributed by atoms with Crippen LogP contribution in [0.15, 0.2) is 79.0 Å². The number of ether oxygens (including phenoxy) is 2. The first-order valence-corrected chi connectivity index (χ1v) is 13.6. The van der Waals surface area contributed by atoms with Crippen LogP contribution < -0.4 is 5.32 Å². The lowest BCUT2D eigenvalue weighted by atomic mass is 10.0. The van der Waals surface area contributed by atoms with Gasteiger partial charge in [-0.15, -0.1) is 0 Å². The molecule has 8 nitrogen and oxygen atoms in total. The number of rotatable bonds is 9. The van der Waals surface area contributed by atoms with Crippen LogP contribution >= 0.6 is 11.8 Å². The molecule has 0 spiro atoms. The van der Waals surface area contributed by atoms with Crippen LogP contribution in [0.4, 0.5) is 5.69 Å². The lowest BCUT2D eigenvalue weighted by molar-refractivity contribution is -0.245. The summed E-state index contributed by atoms with van der Waals surface area (Å²) in [5.41, 5.74) is 4.83. The summed E-state index contributed by atoms with van der Waals surface area (Å²) in [4.78, 5) is 21.7. The van der Waals surface area contributed by atoms with Crippen molar-refractivity contribution in [3.05, 3.63) is 101 Å². The Bertz CT molecular complexity index is 1380. The Hall–Kier alpha value is -3.34. The molecule has 1 amide bonds. The maximum atomic E-state index is 12.9. The molecule has 3 aromatic carbocycles. The number of carbonyl (C=O) groups excluding carboxylic acids is 1. The third-order valence-electron chi connectivity index (χ3n) is 6.25. The molecule has 0 saturated carbocycles. The zero-order chi connectivity index (χ0) is 26.3. The molecule has 5 rings (SSSR count). The summed E-state index contributed by atoms with van der Waals surface area (Å²) >= 11 is 1.64. The molecule has 9 heteroatoms. The Labute approximate surface area is 225 Å². The standard InChI is InChI=1S/C29H29N3O5S/c33-12-13-38-18-23-15-27(20-10-8-19(17-34)9-11-20)37-29(36-23)21-4-3-5-22(14-21)31-28(35)26-16-30-24-6-1-2-7-25(24)32-26/h1-11,14,16,23,27,29,33-34H,12-13,15,17-18H2,(H,31,35)/t23-,27+,29+/m1/s1. The topological polar surface area (TPSA) is 114 Å². The van der Waals surface area contributed by atoms with Gasteiger partial charge in [0.05, 0.1) is 42.7 Å². The highest BCUT2D eigenvalue weighted by Crippen LogP contribution is 2.39. The summed E-state index contributed by atoms with van der Waals surface area (Å²) in [6, 6.07) is 22.5. The minimum Gasteiger partial charge on any atom is -0.396 e. The molecule has 1 saturated heterocycles. The normalized spacial score (nSPS) is 19.4. The van der Waals surface area contributed by atoms with Crippen molar-refractivity contribution in [3.63, 3.8) is 0 Å². The predicted octanol–water partition coefficient (Wildman–Crippen LogP) is 4.65. The van der Waals surface area contributed by atoms with Gasteiger partial charge in [0.15, 0.2) is 6.29 Å². The van der Waals surface area contributed by atoms with Crippen LogP contribution in [0.3, 0.4) is 0 Å². The molecule has 1 fully saturated rings. The van der Waals surface area contributed by atoms with Gasteiger partial charge < -0.3 is 25.0 Å². The highest BCUT2D eigenvalue weighted by molar-refractivity contribution is 7.99. The van der Waals surface area contributed by atoms with Crippen LogP contribution in [0.5, 0.6) is 0 Å². The van der Waals surface area contributed by atoms with Crippen molar-refractivity contribution >= 4 is 34.4 Å². The van der Waals surface area contributed by atoms with Crippen LogP contribution in [-0.4, -0.2) is 50.3 Å². The first-order chi connectivity index (χ1) is 18.6. The number of fused-ring (bicyclic) bond motifs is 1. The number of amides is 1. The van der Waals surface area contributed by atoms with Crippen LogP contribution in [0, 0.1) is 0 Å². The van der Waals surface area contributed by atoms with Gasteiger partial charge in [-0.1, -0.05) is 48.5 Å². The number of benzene rings is 3. The Morgan fingerprint density at radius 1 is 0.974 bits per heavy atom. The van der Waals surface area contributed by atoms with Crippen molar-refractivity contribution in [2.75, 3.05) is 23.4 Å². The summed E-state index contributed by atoms with van der Waals surface area (Å²) in [6.07, 6.45) is 1.22. The minimum atomic E-state index is -0.636. The van der Waals surface area contributed by atoms with Crippen molar-refractivity contribution in [2.45, 2.75) is 31.5 Å². The quantitative estimate of drug-likeness (QED) is 0.268. The Morgan fingerprint density at radius 3 is 2.58 bits per heavy atom. The van der Waals surface area contributed by atoms with E-state index in [1.807, 2.05) is 66.7 Å². The number of carbonyl (C=O) groups is 1. The summed E-state index contributed by atoms with van der Waals surface area (Å²) in [5, 5.41) is 21.5. The Balaban J connectivity index is 1.33. The first-order valence-electron chi connectivity index (χ1n) is 12.5. The largest absolute Gasteiger partial charge is 0.396 e. The minimum absolute atomic E-state index is 0.0126. The predicted molar refractivity (Wildman–Crippen MR) is 147 cm³/mol. The number of aliphatic hydroxyl groups excluding tert-OH is 2. The number of anilines is 1. The molecule has 0 radical (unpaired) electrons. The van der Waals surface area contributed by atoms with Crippen molar-refractivity contribution in [1.29, 1.82) is 0 Å². The second-order valence-electron chi connectivity index (χ2n) is 8.97. The van der Waals surface area contributed by atoms with Gasteiger partial charge in [-0.2, -0.15) is 11.8 Å². The smallest absolute Gasteiger partial charge is 0.275 e. The second-order valence-corrected chi connectivity index (χ2v) is 10.1. The number of para-hydroxylation sites is 2. The molecule has 3 atom stereocenters. The molecule has 1 aliphatic rings. The fraction of sp³-hybridized carbons (Fsp3) is 0.276. The summed E-state index contributed by atoms with van der Waals surface area (Å²) in [5.74, 6) is 1.01. The third kappa shape index (κ3) is 6.38. The van der Waals surface area contributed by atoms with Crippen LogP contribution in [0.1, 0.15) is 46.0 Å². The maximum Gasteiger partial charge on any atom is 0.275 e. The highest BCUT2D eigenvalue weighted by Gasteiger charge is 2.32. The molecule has 196 valence electrons. The van der Waals surface area contributed by atoms with Crippen LogP contribution in [-0.2, 0) is 16.1 Å². The average molecular weight is 532 g/mol. The SMILES string of the molecule is O=C(Nc1cccc([C@H]2O[C@@H](CSCCO)C[C@@H](c3ccc(CO)cc3)O2)c1)c1cnc2ccccc2n1. The van der Waals surface area contributed by atoms with E-state index in [2.05, 4.69) is 15.3 Å². The zero-order valence-electron chi connectivity index (χ0n) is 20.7. The molecule has 0 unspecified atom stereocenters. The van der Waals surface area contributed by atoms with E-state index in [4.69, 9.17) is 9.47 Å². The number of aliphatic hydroxyl groups is 2. The number of nitrogens with zero attached hydrogens (tertiary/aromatic N) is 2. The number of nitrogens with one attached hydrogen (secondary N) is 1. The molecule has 1 aliphatic heterocycles. The third-order valence-corrected chi connectivity index (χ3v) is 7.33. The van der Waals surface area contributed by atoms with E-state index in [9.17, 15) is 15.0 Å². The molecular formula is C29H29N3O5S. The van der Waals surface area contributed by atoms with Gasteiger partial charge in [0, 0.05) is 29.2 Å². The molecule has 38 heavy (non-hydrogen) atoms. The highest BCUT2D eigenvalue weighted by atomic mass is 32.2. The Kier molecular flexibility index (Phi) is 8.62. The van der Waals surface area contributed by atoms with E-state index in [0.717, 1.165) is 28.0 Å². The van der Waals surface area contributed by atoms with Gasteiger partial charge in [0.1, 0.15) is 5.69 Å². The number of thioether (sulfide) groups is 1. The molecule has 3 N–H and O–H groups in total. The Morgan fingerprint density at radius 2 is 1.79 bits per heavy atom. The molecule has 2 heterocycles. The van der Waals surface area contributed by atoms with E-state index in [0.29, 0.717) is 23.4 Å². The summed E-state index contributed by atoms with van der Waals surface area (Å²) in [6.45, 7) is 0.105. The van der Waals surface area contributed by atoms with E-state index >= 15 is 0 Å². The van der Waals surface area contributed by atoms with E-state index < -0.39 is 6.29 Å². The summed E-state index contributed by atoms with van der Waals surface area (Å²) in [7, 11) is 0. The summed E-state index contributed by atoms with van der Waals surface area (Å²) < 4.78 is 12.7. The molecule has 4 aromatic rings. The van der Waals surface area contributed by atoms with Crippen molar-refractivity contribution in [2.24, 2.45) is 0 Å². The lowest BCUT2D eigenvalue weighted by Crippen LogP contribution is -2.31. The van der Waals surface area contributed by atoms with Crippen molar-refractivity contribution in [1.82, 2.24) is 9.97 Å². The molecule has 0 aliphatic carbocycles. The monoisotopic (exact) mass is 531 g/mol. The zero-order valence-corrected chi connectivity index (χ0v) is 21.5.